The summed E-state index contributed by atoms with van der Waals surface area (Å²) >= 11 is 0. The highest BCUT2D eigenvalue weighted by molar-refractivity contribution is 5.97. The van der Waals surface area contributed by atoms with Crippen LogP contribution in [0.25, 0.3) is 0 Å². The number of nitrogens with zero attached hydrogens (tertiary/aromatic N) is 5. The lowest BCUT2D eigenvalue weighted by molar-refractivity contribution is 0.214. The second-order valence-electron chi connectivity index (χ2n) is 7.67. The Kier molecular flexibility index (Phi) is 4.63. The van der Waals surface area contributed by atoms with E-state index in [9.17, 15) is 4.79 Å². The molecule has 5 rings (SSSR count). The first-order chi connectivity index (χ1) is 14.3. The Morgan fingerprint density at radius 2 is 1.97 bits per heavy atom. The number of carbonyl (C=O) groups excluding carboxylic acids is 1. The lowest BCUT2D eigenvalue weighted by Crippen LogP contribution is -2.49. The SMILES string of the molecule is O=C(N1CCC(c2cn[nH]c2)C1)N1CCN(Cc2cccnc2)c2ccccc21. The van der Waals surface area contributed by atoms with Crippen molar-refractivity contribution < 1.29 is 4.79 Å². The van der Waals surface area contributed by atoms with E-state index in [-0.39, 0.29) is 6.03 Å². The molecule has 148 valence electrons. The second kappa shape index (κ2) is 7.58. The van der Waals surface area contributed by atoms with Crippen molar-refractivity contribution in [2.75, 3.05) is 36.0 Å². The predicted molar refractivity (Wildman–Crippen MR) is 112 cm³/mol. The van der Waals surface area contributed by atoms with E-state index in [1.807, 2.05) is 52.7 Å². The van der Waals surface area contributed by atoms with Gasteiger partial charge >= 0.3 is 6.03 Å². The first-order valence-electron chi connectivity index (χ1n) is 10.1. The molecule has 1 aromatic carbocycles. The molecule has 0 spiro atoms. The average Bonchev–Trinajstić information content (AvgIpc) is 3.46. The van der Waals surface area contributed by atoms with Gasteiger partial charge in [-0.25, -0.2) is 4.79 Å². The quantitative estimate of drug-likeness (QED) is 0.748. The van der Waals surface area contributed by atoms with Gasteiger partial charge in [-0.3, -0.25) is 15.0 Å². The topological polar surface area (TPSA) is 68.4 Å². The number of amides is 2. The van der Waals surface area contributed by atoms with Crippen LogP contribution in [0.3, 0.4) is 0 Å². The Morgan fingerprint density at radius 1 is 1.07 bits per heavy atom. The zero-order valence-electron chi connectivity index (χ0n) is 16.2. The van der Waals surface area contributed by atoms with Gasteiger partial charge in [0.25, 0.3) is 0 Å². The van der Waals surface area contributed by atoms with E-state index in [2.05, 4.69) is 32.2 Å². The number of urea groups is 1. The number of nitrogens with one attached hydrogen (secondary N) is 1. The van der Waals surface area contributed by atoms with Gasteiger partial charge in [0, 0.05) is 57.2 Å². The van der Waals surface area contributed by atoms with Crippen molar-refractivity contribution in [1.29, 1.82) is 0 Å². The van der Waals surface area contributed by atoms with Gasteiger partial charge in [0.05, 0.1) is 17.6 Å². The standard InChI is InChI=1S/C22H24N6O/c29-22(27-9-7-18(16-27)19-13-24-25-14-19)28-11-10-26(15-17-4-3-8-23-12-17)20-5-1-2-6-21(20)28/h1-6,8,12-14,18H,7,9-11,15-16H2,(H,24,25). The van der Waals surface area contributed by atoms with E-state index in [4.69, 9.17) is 0 Å². The van der Waals surface area contributed by atoms with Crippen LogP contribution in [0.1, 0.15) is 23.5 Å². The Labute approximate surface area is 170 Å². The maximum Gasteiger partial charge on any atom is 0.324 e. The van der Waals surface area contributed by atoms with Crippen molar-refractivity contribution >= 4 is 17.4 Å². The normalized spacial score (nSPS) is 18.8. The molecule has 2 amide bonds. The lowest BCUT2D eigenvalue weighted by atomic mass is 10.0. The second-order valence-corrected chi connectivity index (χ2v) is 7.67. The van der Waals surface area contributed by atoms with E-state index in [1.165, 1.54) is 11.1 Å². The summed E-state index contributed by atoms with van der Waals surface area (Å²) in [6.07, 6.45) is 8.48. The molecule has 1 fully saturated rings. The smallest absolute Gasteiger partial charge is 0.324 e. The van der Waals surface area contributed by atoms with Crippen molar-refractivity contribution in [2.45, 2.75) is 18.9 Å². The number of fused-ring (bicyclic) bond motifs is 1. The molecule has 3 aromatic rings. The summed E-state index contributed by atoms with van der Waals surface area (Å²) in [5.41, 5.74) is 4.44. The summed E-state index contributed by atoms with van der Waals surface area (Å²) in [6.45, 7) is 3.81. The van der Waals surface area contributed by atoms with Crippen molar-refractivity contribution in [3.8, 4) is 0 Å². The van der Waals surface area contributed by atoms with Crippen molar-refractivity contribution in [3.05, 3.63) is 72.3 Å². The molecule has 2 aliphatic heterocycles. The van der Waals surface area contributed by atoms with Crippen LogP contribution in [-0.2, 0) is 6.54 Å². The van der Waals surface area contributed by atoms with Crippen LogP contribution < -0.4 is 9.80 Å². The molecule has 0 radical (unpaired) electrons. The fourth-order valence-electron chi connectivity index (χ4n) is 4.36. The highest BCUT2D eigenvalue weighted by Gasteiger charge is 2.34. The molecule has 1 saturated heterocycles. The number of pyridine rings is 1. The first kappa shape index (κ1) is 17.7. The molecular formula is C22H24N6O. The van der Waals surface area contributed by atoms with Gasteiger partial charge in [-0.15, -0.1) is 0 Å². The summed E-state index contributed by atoms with van der Waals surface area (Å²) in [5, 5.41) is 6.93. The summed E-state index contributed by atoms with van der Waals surface area (Å²) in [4.78, 5) is 23.8. The third kappa shape index (κ3) is 3.44. The average molecular weight is 388 g/mol. The first-order valence-corrected chi connectivity index (χ1v) is 10.1. The van der Waals surface area contributed by atoms with Crippen molar-refractivity contribution in [1.82, 2.24) is 20.1 Å². The molecule has 4 heterocycles. The molecule has 0 saturated carbocycles. The van der Waals surface area contributed by atoms with Gasteiger partial charge in [0.15, 0.2) is 0 Å². The predicted octanol–water partition coefficient (Wildman–Crippen LogP) is 3.24. The van der Waals surface area contributed by atoms with E-state index >= 15 is 0 Å². The number of anilines is 2. The van der Waals surface area contributed by atoms with Gasteiger partial charge in [-0.05, 0) is 35.7 Å². The number of aromatic nitrogens is 3. The maximum absolute atomic E-state index is 13.3. The summed E-state index contributed by atoms with van der Waals surface area (Å²) in [6, 6.07) is 12.3. The van der Waals surface area contributed by atoms with Crippen LogP contribution in [-0.4, -0.2) is 52.3 Å². The van der Waals surface area contributed by atoms with E-state index < -0.39 is 0 Å². The minimum atomic E-state index is 0.101. The summed E-state index contributed by atoms with van der Waals surface area (Å²) in [7, 11) is 0. The molecule has 7 nitrogen and oxygen atoms in total. The zero-order valence-corrected chi connectivity index (χ0v) is 16.2. The Bertz CT molecular complexity index is 974. The molecule has 0 aliphatic carbocycles. The van der Waals surface area contributed by atoms with Gasteiger partial charge in [0.1, 0.15) is 0 Å². The molecule has 0 bridgehead atoms. The van der Waals surface area contributed by atoms with Gasteiger partial charge < -0.3 is 9.80 Å². The number of para-hydroxylation sites is 2. The Balaban J connectivity index is 1.34. The Morgan fingerprint density at radius 3 is 2.76 bits per heavy atom. The number of hydrogen-bond donors (Lipinski definition) is 1. The van der Waals surface area contributed by atoms with Crippen LogP contribution in [0.4, 0.5) is 16.2 Å². The minimum Gasteiger partial charge on any atom is -0.364 e. The van der Waals surface area contributed by atoms with Crippen LogP contribution in [0.2, 0.25) is 0 Å². The fourth-order valence-corrected chi connectivity index (χ4v) is 4.36. The lowest BCUT2D eigenvalue weighted by Gasteiger charge is -2.39. The highest BCUT2D eigenvalue weighted by Crippen LogP contribution is 2.35. The van der Waals surface area contributed by atoms with E-state index in [0.717, 1.165) is 44.0 Å². The molecule has 1 N–H and O–H groups in total. The van der Waals surface area contributed by atoms with Crippen molar-refractivity contribution in [2.24, 2.45) is 0 Å². The van der Waals surface area contributed by atoms with Crippen LogP contribution in [0.5, 0.6) is 0 Å². The largest absolute Gasteiger partial charge is 0.364 e. The van der Waals surface area contributed by atoms with E-state index in [1.54, 1.807) is 6.20 Å². The number of rotatable bonds is 3. The molecule has 2 aliphatic rings. The van der Waals surface area contributed by atoms with Crippen LogP contribution >= 0.6 is 0 Å². The fraction of sp³-hybridized carbons (Fsp3) is 0.318. The van der Waals surface area contributed by atoms with Crippen LogP contribution in [0, 0.1) is 0 Å². The molecular weight excluding hydrogens is 364 g/mol. The molecule has 1 atom stereocenters. The van der Waals surface area contributed by atoms with E-state index in [0.29, 0.717) is 12.5 Å². The summed E-state index contributed by atoms with van der Waals surface area (Å²) < 4.78 is 0. The number of hydrogen-bond acceptors (Lipinski definition) is 4. The number of H-pyrrole nitrogens is 1. The van der Waals surface area contributed by atoms with Gasteiger partial charge in [-0.1, -0.05) is 18.2 Å². The molecule has 29 heavy (non-hydrogen) atoms. The third-order valence-corrected chi connectivity index (χ3v) is 5.88. The highest BCUT2D eigenvalue weighted by atomic mass is 16.2. The molecule has 7 heteroatoms. The number of likely N-dealkylation sites (tertiary alicyclic amines) is 1. The van der Waals surface area contributed by atoms with Crippen LogP contribution in [0.15, 0.2) is 61.2 Å². The monoisotopic (exact) mass is 388 g/mol. The maximum atomic E-state index is 13.3. The van der Waals surface area contributed by atoms with Gasteiger partial charge in [0.2, 0.25) is 0 Å². The number of benzene rings is 1. The number of aromatic amines is 1. The third-order valence-electron chi connectivity index (χ3n) is 5.88. The number of carbonyl (C=O) groups is 1. The summed E-state index contributed by atoms with van der Waals surface area (Å²) in [5.74, 6) is 0.361. The minimum absolute atomic E-state index is 0.101. The van der Waals surface area contributed by atoms with Gasteiger partial charge in [-0.2, -0.15) is 5.10 Å². The van der Waals surface area contributed by atoms with Crippen molar-refractivity contribution in [3.63, 3.8) is 0 Å². The molecule has 2 aromatic heterocycles. The zero-order chi connectivity index (χ0) is 19.6. The Hall–Kier alpha value is -3.35. The molecule has 1 unspecified atom stereocenters.